The molecule has 0 radical (unpaired) electrons. The zero-order valence-corrected chi connectivity index (χ0v) is 19.6. The van der Waals surface area contributed by atoms with Crippen molar-refractivity contribution < 1.29 is 19.2 Å². The Bertz CT molecular complexity index is 1290. The number of ether oxygens (including phenoxy) is 1. The molecule has 0 amide bonds. The number of benzene rings is 2. The zero-order valence-electron chi connectivity index (χ0n) is 18.8. The summed E-state index contributed by atoms with van der Waals surface area (Å²) < 4.78 is 13.3. The van der Waals surface area contributed by atoms with E-state index in [1.54, 1.807) is 12.1 Å². The second kappa shape index (κ2) is 9.67. The number of rotatable bonds is 9. The topological polar surface area (TPSA) is 90.4 Å². The molecule has 0 spiro atoms. The number of fused-ring (bicyclic) bond motifs is 1. The summed E-state index contributed by atoms with van der Waals surface area (Å²) in [6.07, 6.45) is 4.59. The van der Waals surface area contributed by atoms with Crippen molar-refractivity contribution in [2.75, 3.05) is 0 Å². The van der Waals surface area contributed by atoms with Crippen molar-refractivity contribution >= 4 is 28.5 Å². The van der Waals surface area contributed by atoms with Gasteiger partial charge < -0.3 is 18.9 Å². The first-order chi connectivity index (χ1) is 15.8. The number of hydrogen-bond acceptors (Lipinski definition) is 5. The molecule has 2 aromatic carbocycles. The molecule has 172 valence electrons. The fourth-order valence-electron chi connectivity index (χ4n) is 3.96. The van der Waals surface area contributed by atoms with Crippen LogP contribution in [0, 0.1) is 0 Å². The van der Waals surface area contributed by atoms with Gasteiger partial charge >= 0.3 is 5.97 Å². The van der Waals surface area contributed by atoms with Crippen molar-refractivity contribution in [1.29, 1.82) is 0 Å². The monoisotopic (exact) mass is 467 g/mol. The van der Waals surface area contributed by atoms with E-state index in [0.29, 0.717) is 34.5 Å². The number of aromatic nitrogens is 3. The summed E-state index contributed by atoms with van der Waals surface area (Å²) in [5.74, 6) is 0.724. The summed E-state index contributed by atoms with van der Waals surface area (Å²) in [4.78, 5) is 15.4. The maximum absolute atomic E-state index is 10.8. The average Bonchev–Trinajstić information content (AvgIpc) is 3.38. The van der Waals surface area contributed by atoms with Crippen LogP contribution in [0.4, 0.5) is 0 Å². The molecule has 2 aromatic heterocycles. The molecule has 0 unspecified atom stereocenters. The van der Waals surface area contributed by atoms with Crippen molar-refractivity contribution in [3.8, 4) is 28.6 Å². The molecule has 0 fully saturated rings. The van der Waals surface area contributed by atoms with Crippen LogP contribution in [-0.4, -0.2) is 31.9 Å². The molecule has 1 N–H and O–H groups in total. The third-order valence-electron chi connectivity index (χ3n) is 5.38. The lowest BCUT2D eigenvalue weighted by Gasteiger charge is -2.11. The van der Waals surface area contributed by atoms with Crippen LogP contribution in [0.25, 0.3) is 33.7 Å². The van der Waals surface area contributed by atoms with Crippen LogP contribution in [-0.2, 0) is 18.3 Å². The molecule has 0 aliphatic heterocycles. The molecule has 0 aliphatic rings. The smallest absolute Gasteiger partial charge is 0.303 e. The Morgan fingerprint density at radius 3 is 2.79 bits per heavy atom. The molecule has 0 saturated heterocycles. The minimum Gasteiger partial charge on any atom is -0.489 e. The van der Waals surface area contributed by atoms with E-state index in [2.05, 4.69) is 27.0 Å². The predicted molar refractivity (Wildman–Crippen MR) is 128 cm³/mol. The highest BCUT2D eigenvalue weighted by Gasteiger charge is 2.18. The van der Waals surface area contributed by atoms with Gasteiger partial charge in [-0.15, -0.1) is 0 Å². The second-order valence-corrected chi connectivity index (χ2v) is 8.71. The number of aliphatic carboxylic acids is 1. The van der Waals surface area contributed by atoms with Crippen LogP contribution in [0.1, 0.15) is 38.7 Å². The highest BCUT2D eigenvalue weighted by Crippen LogP contribution is 2.34. The minimum atomic E-state index is -0.758. The van der Waals surface area contributed by atoms with Gasteiger partial charge in [-0.3, -0.25) is 4.79 Å². The number of halogens is 1. The van der Waals surface area contributed by atoms with Crippen molar-refractivity contribution in [3.63, 3.8) is 0 Å². The number of carboxylic acids is 1. The van der Waals surface area contributed by atoms with E-state index in [1.807, 2.05) is 39.1 Å². The quantitative estimate of drug-likeness (QED) is 0.297. The van der Waals surface area contributed by atoms with Gasteiger partial charge in [-0.2, -0.15) is 4.98 Å². The third-order valence-corrected chi connectivity index (χ3v) is 5.67. The van der Waals surface area contributed by atoms with Gasteiger partial charge in [-0.25, -0.2) is 0 Å². The Morgan fingerprint density at radius 1 is 1.24 bits per heavy atom. The lowest BCUT2D eigenvalue weighted by Crippen LogP contribution is -2.05. The van der Waals surface area contributed by atoms with E-state index in [0.717, 1.165) is 29.3 Å². The van der Waals surface area contributed by atoms with Crippen LogP contribution >= 0.6 is 11.6 Å². The lowest BCUT2D eigenvalue weighted by molar-refractivity contribution is -0.137. The SMILES string of the molecule is CC(C)Oc1ccc(-c2nc(-c3cccc4c(CCCCC(=O)O)cn(C)c34)no2)cc1Cl. The van der Waals surface area contributed by atoms with E-state index >= 15 is 0 Å². The maximum Gasteiger partial charge on any atom is 0.303 e. The molecule has 7 nitrogen and oxygen atoms in total. The van der Waals surface area contributed by atoms with Crippen molar-refractivity contribution in [2.24, 2.45) is 7.05 Å². The first kappa shape index (κ1) is 22.9. The number of hydrogen-bond donors (Lipinski definition) is 1. The summed E-state index contributed by atoms with van der Waals surface area (Å²) in [5, 5.41) is 14.7. The van der Waals surface area contributed by atoms with Crippen molar-refractivity contribution in [2.45, 2.75) is 45.6 Å². The lowest BCUT2D eigenvalue weighted by atomic mass is 10.0. The number of unbranched alkanes of at least 4 members (excludes halogenated alkanes) is 1. The van der Waals surface area contributed by atoms with Crippen LogP contribution in [0.5, 0.6) is 5.75 Å². The van der Waals surface area contributed by atoms with Gasteiger partial charge in [0.15, 0.2) is 0 Å². The minimum absolute atomic E-state index is 0.0243. The first-order valence-electron chi connectivity index (χ1n) is 10.9. The first-order valence-corrected chi connectivity index (χ1v) is 11.3. The third kappa shape index (κ3) is 5.03. The van der Waals surface area contributed by atoms with E-state index in [9.17, 15) is 4.79 Å². The molecule has 4 rings (SSSR count). The Morgan fingerprint density at radius 2 is 2.06 bits per heavy atom. The summed E-state index contributed by atoms with van der Waals surface area (Å²) in [5.41, 5.74) is 3.77. The average molecular weight is 468 g/mol. The number of aryl methyl sites for hydroxylation is 2. The molecule has 2 heterocycles. The van der Waals surface area contributed by atoms with Crippen molar-refractivity contribution in [1.82, 2.24) is 14.7 Å². The highest BCUT2D eigenvalue weighted by molar-refractivity contribution is 6.32. The number of carboxylic acid groups (broad SMARTS) is 1. The Balaban J connectivity index is 1.62. The molecule has 0 bridgehead atoms. The number of carbonyl (C=O) groups is 1. The summed E-state index contributed by atoms with van der Waals surface area (Å²) in [7, 11) is 1.99. The van der Waals surface area contributed by atoms with E-state index in [1.165, 1.54) is 5.56 Å². The van der Waals surface area contributed by atoms with E-state index < -0.39 is 5.97 Å². The maximum atomic E-state index is 10.8. The van der Waals surface area contributed by atoms with Crippen LogP contribution in [0.15, 0.2) is 47.1 Å². The standard InChI is InChI=1S/C25H26ClN3O4/c1-15(2)32-21-12-11-16(13-20(21)26)25-27-24(28-33-25)19-9-6-8-18-17(14-29(3)23(18)19)7-4-5-10-22(30)31/h6,8-9,11-15H,4-5,7,10H2,1-3H3,(H,30,31). The largest absolute Gasteiger partial charge is 0.489 e. The van der Waals surface area contributed by atoms with E-state index in [4.69, 9.17) is 26.0 Å². The summed E-state index contributed by atoms with van der Waals surface area (Å²) in [6.45, 7) is 3.89. The second-order valence-electron chi connectivity index (χ2n) is 8.30. The van der Waals surface area contributed by atoms with Crippen LogP contribution in [0.3, 0.4) is 0 Å². The Labute approximate surface area is 196 Å². The normalized spacial score (nSPS) is 11.4. The molecule has 8 heteroatoms. The highest BCUT2D eigenvalue weighted by atomic mass is 35.5. The fraction of sp³-hybridized carbons (Fsp3) is 0.320. The van der Waals surface area contributed by atoms with Gasteiger partial charge in [0, 0.05) is 36.2 Å². The van der Waals surface area contributed by atoms with Gasteiger partial charge in [0.05, 0.1) is 16.6 Å². The van der Waals surface area contributed by atoms with Gasteiger partial charge in [0.2, 0.25) is 5.82 Å². The Kier molecular flexibility index (Phi) is 6.70. The van der Waals surface area contributed by atoms with Gasteiger partial charge in [-0.05, 0) is 62.9 Å². The summed E-state index contributed by atoms with van der Waals surface area (Å²) >= 11 is 6.37. The van der Waals surface area contributed by atoms with Gasteiger partial charge in [-0.1, -0.05) is 28.9 Å². The predicted octanol–water partition coefficient (Wildman–Crippen LogP) is 6.13. The molecular weight excluding hydrogens is 442 g/mol. The molecule has 0 saturated carbocycles. The molecule has 0 atom stereocenters. The fourth-order valence-corrected chi connectivity index (χ4v) is 4.18. The van der Waals surface area contributed by atoms with Crippen LogP contribution < -0.4 is 4.74 Å². The van der Waals surface area contributed by atoms with Gasteiger partial charge in [0.25, 0.3) is 5.89 Å². The summed E-state index contributed by atoms with van der Waals surface area (Å²) in [6, 6.07) is 11.4. The zero-order chi connectivity index (χ0) is 23.5. The molecule has 4 aromatic rings. The molecular formula is C25H26ClN3O4. The number of nitrogens with zero attached hydrogens (tertiary/aromatic N) is 3. The molecule has 33 heavy (non-hydrogen) atoms. The van der Waals surface area contributed by atoms with Crippen LogP contribution in [0.2, 0.25) is 5.02 Å². The van der Waals surface area contributed by atoms with Gasteiger partial charge in [0.1, 0.15) is 5.75 Å². The molecule has 0 aliphatic carbocycles. The van der Waals surface area contributed by atoms with E-state index in [-0.39, 0.29) is 12.5 Å². The number of para-hydroxylation sites is 1. The van der Waals surface area contributed by atoms with Crippen molar-refractivity contribution in [3.05, 3.63) is 53.2 Å². The Hall–Kier alpha value is -3.32.